The lowest BCUT2D eigenvalue weighted by molar-refractivity contribution is -0.142. The number of benzene rings is 1. The van der Waals surface area contributed by atoms with E-state index in [-0.39, 0.29) is 18.4 Å². The predicted molar refractivity (Wildman–Crippen MR) is 77.2 cm³/mol. The van der Waals surface area contributed by atoms with Crippen LogP contribution in [0.15, 0.2) is 24.3 Å². The number of carbonyl (C=O) groups is 2. The summed E-state index contributed by atoms with van der Waals surface area (Å²) in [5, 5.41) is 0. The number of imidazole rings is 1. The highest BCUT2D eigenvalue weighted by molar-refractivity contribution is 6.05. The first kappa shape index (κ1) is 12.6. The highest BCUT2D eigenvalue weighted by Gasteiger charge is 2.52. The zero-order chi connectivity index (χ0) is 14.4. The van der Waals surface area contributed by atoms with Crippen molar-refractivity contribution >= 4 is 22.8 Å². The fourth-order valence-electron chi connectivity index (χ4n) is 3.69. The molecule has 1 aromatic carbocycles. The van der Waals surface area contributed by atoms with E-state index in [0.717, 1.165) is 36.7 Å². The normalized spacial score (nSPS) is 21.0. The molecular formula is C16H17N3O2. The summed E-state index contributed by atoms with van der Waals surface area (Å²) in [6.45, 7) is 0.258. The standard InChI is InChI=1S/C16H17N3O2/c20-14-9-16(7-3-4-8-16)15(21)19(14)10-13-17-11-5-1-2-6-12(11)18-13/h1-2,5-6H,3-4,7-10H2,(H,17,18). The Kier molecular flexibility index (Phi) is 2.64. The number of imide groups is 1. The lowest BCUT2D eigenvalue weighted by Crippen LogP contribution is -2.34. The number of carbonyl (C=O) groups excluding carboxylic acids is 2. The Labute approximate surface area is 122 Å². The van der Waals surface area contributed by atoms with Gasteiger partial charge in [-0.1, -0.05) is 25.0 Å². The zero-order valence-electron chi connectivity index (χ0n) is 11.8. The molecule has 1 saturated carbocycles. The van der Waals surface area contributed by atoms with Gasteiger partial charge in [-0.2, -0.15) is 0 Å². The van der Waals surface area contributed by atoms with Gasteiger partial charge in [-0.3, -0.25) is 14.5 Å². The summed E-state index contributed by atoms with van der Waals surface area (Å²) < 4.78 is 0. The number of nitrogens with one attached hydrogen (secondary N) is 1. The molecule has 2 heterocycles. The fraction of sp³-hybridized carbons (Fsp3) is 0.438. The van der Waals surface area contributed by atoms with Crippen LogP contribution in [0.4, 0.5) is 0 Å². The van der Waals surface area contributed by atoms with Gasteiger partial charge in [0.1, 0.15) is 5.82 Å². The third kappa shape index (κ3) is 1.87. The zero-order valence-corrected chi connectivity index (χ0v) is 11.8. The van der Waals surface area contributed by atoms with E-state index in [1.165, 1.54) is 4.90 Å². The van der Waals surface area contributed by atoms with Crippen molar-refractivity contribution in [2.24, 2.45) is 5.41 Å². The minimum Gasteiger partial charge on any atom is -0.340 e. The first-order valence-corrected chi connectivity index (χ1v) is 7.46. The average Bonchev–Trinajstić information content (AvgIpc) is 3.14. The summed E-state index contributed by atoms with van der Waals surface area (Å²) in [5.74, 6) is 0.626. The van der Waals surface area contributed by atoms with Crippen molar-refractivity contribution in [3.05, 3.63) is 30.1 Å². The second kappa shape index (κ2) is 4.41. The van der Waals surface area contributed by atoms with Crippen molar-refractivity contribution in [1.82, 2.24) is 14.9 Å². The number of H-pyrrole nitrogens is 1. The van der Waals surface area contributed by atoms with E-state index in [0.29, 0.717) is 12.2 Å². The molecule has 0 atom stereocenters. The molecule has 1 spiro atoms. The predicted octanol–water partition coefficient (Wildman–Crippen LogP) is 2.38. The van der Waals surface area contributed by atoms with Crippen molar-refractivity contribution < 1.29 is 9.59 Å². The highest BCUT2D eigenvalue weighted by Crippen LogP contribution is 2.47. The molecule has 0 unspecified atom stereocenters. The molecule has 2 aromatic rings. The van der Waals surface area contributed by atoms with Gasteiger partial charge in [-0.25, -0.2) is 4.98 Å². The van der Waals surface area contributed by atoms with Crippen LogP contribution in [0.1, 0.15) is 37.9 Å². The number of nitrogens with zero attached hydrogens (tertiary/aromatic N) is 2. The number of hydrogen-bond acceptors (Lipinski definition) is 3. The molecule has 0 radical (unpaired) electrons. The molecule has 2 fully saturated rings. The Bertz CT molecular complexity index is 695. The van der Waals surface area contributed by atoms with Gasteiger partial charge in [0.2, 0.25) is 11.8 Å². The number of hydrogen-bond donors (Lipinski definition) is 1. The summed E-state index contributed by atoms with van der Waals surface area (Å²) in [7, 11) is 0. The number of fused-ring (bicyclic) bond motifs is 1. The Balaban J connectivity index is 1.61. The molecule has 0 bridgehead atoms. The quantitative estimate of drug-likeness (QED) is 0.860. The van der Waals surface area contributed by atoms with Gasteiger partial charge in [0.05, 0.1) is 23.0 Å². The van der Waals surface area contributed by atoms with Crippen LogP contribution < -0.4 is 0 Å². The van der Waals surface area contributed by atoms with Crippen LogP contribution in [0.25, 0.3) is 11.0 Å². The van der Waals surface area contributed by atoms with Crippen LogP contribution in [-0.2, 0) is 16.1 Å². The topological polar surface area (TPSA) is 66.1 Å². The first-order valence-electron chi connectivity index (χ1n) is 7.46. The molecule has 1 N–H and O–H groups in total. The van der Waals surface area contributed by atoms with Crippen LogP contribution in [0, 0.1) is 5.41 Å². The van der Waals surface area contributed by atoms with Crippen LogP contribution >= 0.6 is 0 Å². The second-order valence-electron chi connectivity index (χ2n) is 6.15. The van der Waals surface area contributed by atoms with Crippen LogP contribution in [0.2, 0.25) is 0 Å². The first-order chi connectivity index (χ1) is 10.2. The lowest BCUT2D eigenvalue weighted by atomic mass is 9.84. The average molecular weight is 283 g/mol. The van der Waals surface area contributed by atoms with E-state index >= 15 is 0 Å². The number of para-hydroxylation sites is 2. The van der Waals surface area contributed by atoms with E-state index < -0.39 is 5.41 Å². The van der Waals surface area contributed by atoms with Crippen LogP contribution in [0.3, 0.4) is 0 Å². The highest BCUT2D eigenvalue weighted by atomic mass is 16.2. The molecule has 108 valence electrons. The summed E-state index contributed by atoms with van der Waals surface area (Å²) in [4.78, 5) is 33.9. The molecule has 1 aromatic heterocycles. The number of rotatable bonds is 2. The van der Waals surface area contributed by atoms with Gasteiger partial charge in [-0.15, -0.1) is 0 Å². The molecule has 2 amide bonds. The molecule has 1 aliphatic heterocycles. The van der Waals surface area contributed by atoms with Gasteiger partial charge in [0.15, 0.2) is 0 Å². The van der Waals surface area contributed by atoms with Crippen LogP contribution in [-0.4, -0.2) is 26.7 Å². The maximum absolute atomic E-state index is 12.6. The summed E-state index contributed by atoms with van der Waals surface area (Å²) in [5.41, 5.74) is 1.40. The SMILES string of the molecule is O=C1CC2(CCCC2)C(=O)N1Cc1nc2ccccc2[nH]1. The molecule has 1 aliphatic carbocycles. The molecule has 5 heteroatoms. The Morgan fingerprint density at radius 2 is 1.95 bits per heavy atom. The minimum atomic E-state index is -0.400. The Morgan fingerprint density at radius 1 is 1.19 bits per heavy atom. The maximum Gasteiger partial charge on any atom is 0.236 e. The number of aromatic amines is 1. The summed E-state index contributed by atoms with van der Waals surface area (Å²) >= 11 is 0. The monoisotopic (exact) mass is 283 g/mol. The van der Waals surface area contributed by atoms with Gasteiger partial charge in [0, 0.05) is 6.42 Å². The fourth-order valence-corrected chi connectivity index (χ4v) is 3.69. The molecule has 21 heavy (non-hydrogen) atoms. The van der Waals surface area contributed by atoms with Gasteiger partial charge in [0.25, 0.3) is 0 Å². The molecular weight excluding hydrogens is 266 g/mol. The molecule has 2 aliphatic rings. The third-order valence-corrected chi connectivity index (χ3v) is 4.80. The third-order valence-electron chi connectivity index (χ3n) is 4.80. The van der Waals surface area contributed by atoms with E-state index in [4.69, 9.17) is 0 Å². The van der Waals surface area contributed by atoms with Crippen molar-refractivity contribution in [2.45, 2.75) is 38.6 Å². The number of likely N-dealkylation sites (tertiary alicyclic amines) is 1. The molecule has 4 rings (SSSR count). The van der Waals surface area contributed by atoms with E-state index in [2.05, 4.69) is 9.97 Å². The smallest absolute Gasteiger partial charge is 0.236 e. The second-order valence-corrected chi connectivity index (χ2v) is 6.15. The Morgan fingerprint density at radius 3 is 2.71 bits per heavy atom. The summed E-state index contributed by atoms with van der Waals surface area (Å²) in [6.07, 6.45) is 4.20. The maximum atomic E-state index is 12.6. The number of amides is 2. The van der Waals surface area contributed by atoms with Gasteiger partial charge in [-0.05, 0) is 25.0 Å². The minimum absolute atomic E-state index is 0.00505. The molecule has 5 nitrogen and oxygen atoms in total. The Hall–Kier alpha value is -2.17. The van der Waals surface area contributed by atoms with Crippen LogP contribution in [0.5, 0.6) is 0 Å². The van der Waals surface area contributed by atoms with Crippen molar-refractivity contribution in [1.29, 1.82) is 0 Å². The van der Waals surface area contributed by atoms with Gasteiger partial charge >= 0.3 is 0 Å². The van der Waals surface area contributed by atoms with Crippen molar-refractivity contribution in [3.63, 3.8) is 0 Å². The van der Waals surface area contributed by atoms with E-state index in [9.17, 15) is 9.59 Å². The summed E-state index contributed by atoms with van der Waals surface area (Å²) in [6, 6.07) is 7.72. The van der Waals surface area contributed by atoms with E-state index in [1.807, 2.05) is 24.3 Å². The number of aromatic nitrogens is 2. The lowest BCUT2D eigenvalue weighted by Gasteiger charge is -2.20. The van der Waals surface area contributed by atoms with Crippen molar-refractivity contribution in [3.8, 4) is 0 Å². The molecule has 1 saturated heterocycles. The van der Waals surface area contributed by atoms with Crippen molar-refractivity contribution in [2.75, 3.05) is 0 Å². The van der Waals surface area contributed by atoms with E-state index in [1.54, 1.807) is 0 Å². The largest absolute Gasteiger partial charge is 0.340 e. The van der Waals surface area contributed by atoms with Gasteiger partial charge < -0.3 is 4.98 Å².